The molecule has 3 saturated carbocycles. The number of aliphatic hydroxyl groups excluding tert-OH is 2. The van der Waals surface area contributed by atoms with E-state index in [2.05, 4.69) is 0 Å². The molecule has 3 aliphatic carbocycles. The number of fused-ring (bicyclic) bond motifs is 7. The Balaban J connectivity index is 1.39. The van der Waals surface area contributed by atoms with Crippen LogP contribution >= 0.6 is 0 Å². The maximum Gasteiger partial charge on any atom is 0.366 e. The molecule has 264 valence electrons. The van der Waals surface area contributed by atoms with Gasteiger partial charge in [0.15, 0.2) is 5.60 Å². The standard InChI is InChI=1S/C33H42O15/c1-7-14(2)22(36)46-17-11-16(34)29(24(37)41-5)12-44-19-20(29)30(17)13-45-32(40,25(38)42-6)23(30)27(3,21(19)35)33-18-10-15(28(33,4)48-33)31(39)8-9-43-26(31)47-18/h7-9,15-21,23,26,34-35,39-40H,10-13H2,1-6H3/t15-,16-,17+,18-,19-,20+,21-,23+,26+,27+,28+,29-,30-,31+,32+,33-/m1/s1. The van der Waals surface area contributed by atoms with Crippen molar-refractivity contribution in [1.82, 2.24) is 0 Å². The number of epoxide rings is 1. The van der Waals surface area contributed by atoms with E-state index in [0.29, 0.717) is 0 Å². The molecule has 1 spiro atoms. The summed E-state index contributed by atoms with van der Waals surface area (Å²) in [5.74, 6) is -8.86. The van der Waals surface area contributed by atoms with Gasteiger partial charge < -0.3 is 58.3 Å². The Bertz CT molecular complexity index is 1550. The van der Waals surface area contributed by atoms with Crippen LogP contribution in [0.15, 0.2) is 24.0 Å². The van der Waals surface area contributed by atoms with E-state index < -0.39 is 118 Å². The zero-order valence-electron chi connectivity index (χ0n) is 27.5. The summed E-state index contributed by atoms with van der Waals surface area (Å²) in [7, 11) is 2.24. The number of esters is 3. The van der Waals surface area contributed by atoms with Crippen LogP contribution in [0.3, 0.4) is 0 Å². The number of hydrogen-bond acceptors (Lipinski definition) is 15. The summed E-state index contributed by atoms with van der Waals surface area (Å²) in [6.07, 6.45) is -3.14. The SMILES string of the molecule is CC=C(C)C(=O)O[C@H]1C[C@@H](O)[C@]2(C(=O)OC)CO[C@H]3[C@@H](O)[C@](C)([C@@]45O[C@@]4(C)[C@H]4C[C@H]5O[C@@H]5OC=C[C@@]54O)[C@H]4[C@@]1(CO[C@]4(O)C(=O)OC)[C@@H]32. The van der Waals surface area contributed by atoms with E-state index in [9.17, 15) is 34.8 Å². The van der Waals surface area contributed by atoms with Gasteiger partial charge >= 0.3 is 17.9 Å². The van der Waals surface area contributed by atoms with Crippen LogP contribution in [-0.2, 0) is 52.3 Å². The second kappa shape index (κ2) is 9.57. The van der Waals surface area contributed by atoms with Gasteiger partial charge in [0.05, 0.1) is 58.1 Å². The van der Waals surface area contributed by atoms with Gasteiger partial charge in [-0.2, -0.15) is 0 Å². The molecule has 4 N–H and O–H groups in total. The Hall–Kier alpha value is -2.63. The van der Waals surface area contributed by atoms with Gasteiger partial charge in [-0.25, -0.2) is 9.59 Å². The fourth-order valence-corrected chi connectivity index (χ4v) is 11.8. The Morgan fingerprint density at radius 2 is 1.73 bits per heavy atom. The van der Waals surface area contributed by atoms with Crippen molar-refractivity contribution in [1.29, 1.82) is 0 Å². The monoisotopic (exact) mass is 678 g/mol. The first-order chi connectivity index (χ1) is 22.6. The number of hydrogen-bond donors (Lipinski definition) is 4. The van der Waals surface area contributed by atoms with Gasteiger partial charge in [0.2, 0.25) is 6.29 Å². The molecular weight excluding hydrogens is 636 g/mol. The highest BCUT2D eigenvalue weighted by Gasteiger charge is 2.97. The lowest BCUT2D eigenvalue weighted by Crippen LogP contribution is -2.79. The van der Waals surface area contributed by atoms with Crippen molar-refractivity contribution >= 4 is 17.9 Å². The van der Waals surface area contributed by atoms with Crippen molar-refractivity contribution in [3.63, 3.8) is 0 Å². The first-order valence-corrected chi connectivity index (χ1v) is 16.3. The number of ether oxygens (including phenoxy) is 8. The van der Waals surface area contributed by atoms with Crippen molar-refractivity contribution < 1.29 is 72.7 Å². The Morgan fingerprint density at radius 1 is 1.02 bits per heavy atom. The second-order valence-corrected chi connectivity index (χ2v) is 15.2. The molecular formula is C33H42O15. The van der Waals surface area contributed by atoms with Crippen LogP contribution in [0, 0.1) is 34.0 Å². The van der Waals surface area contributed by atoms with Crippen molar-refractivity contribution in [3.8, 4) is 0 Å². The van der Waals surface area contributed by atoms with Crippen LogP contribution in [0.4, 0.5) is 0 Å². The molecule has 8 aliphatic rings. The predicted molar refractivity (Wildman–Crippen MR) is 155 cm³/mol. The van der Waals surface area contributed by atoms with Gasteiger partial charge in [-0.1, -0.05) is 13.0 Å². The summed E-state index contributed by atoms with van der Waals surface area (Å²) < 4.78 is 47.7. The van der Waals surface area contributed by atoms with Crippen LogP contribution in [0.5, 0.6) is 0 Å². The third-order valence-electron chi connectivity index (χ3n) is 13.9. The molecule has 7 fully saturated rings. The number of rotatable bonds is 5. The lowest BCUT2D eigenvalue weighted by atomic mass is 9.37. The average molecular weight is 679 g/mol. The largest absolute Gasteiger partial charge is 0.469 e. The van der Waals surface area contributed by atoms with Crippen LogP contribution in [0.2, 0.25) is 0 Å². The van der Waals surface area contributed by atoms with Gasteiger partial charge in [-0.05, 0) is 33.3 Å². The number of allylic oxidation sites excluding steroid dienone is 1. The molecule has 15 heteroatoms. The quantitative estimate of drug-likeness (QED) is 0.122. The predicted octanol–water partition coefficient (Wildman–Crippen LogP) is -0.774. The maximum absolute atomic E-state index is 13.8. The van der Waals surface area contributed by atoms with Crippen molar-refractivity contribution in [2.75, 3.05) is 27.4 Å². The minimum absolute atomic E-state index is 0.254. The highest BCUT2D eigenvalue weighted by Crippen LogP contribution is 2.82. The number of carbonyl (C=O) groups excluding carboxylic acids is 3. The highest BCUT2D eigenvalue weighted by atomic mass is 16.7. The van der Waals surface area contributed by atoms with E-state index in [0.717, 1.165) is 7.11 Å². The second-order valence-electron chi connectivity index (χ2n) is 15.2. The van der Waals surface area contributed by atoms with E-state index in [1.807, 2.05) is 0 Å². The summed E-state index contributed by atoms with van der Waals surface area (Å²) in [5, 5.41) is 48.9. The lowest BCUT2D eigenvalue weighted by molar-refractivity contribution is -0.314. The normalized spacial score (nSPS) is 56.7. The molecule has 4 saturated heterocycles. The van der Waals surface area contributed by atoms with Gasteiger partial charge in [0, 0.05) is 40.6 Å². The van der Waals surface area contributed by atoms with E-state index >= 15 is 0 Å². The van der Waals surface area contributed by atoms with E-state index in [1.165, 1.54) is 19.4 Å². The Kier molecular flexibility index (Phi) is 6.50. The molecule has 0 amide bonds. The fourth-order valence-electron chi connectivity index (χ4n) is 11.8. The van der Waals surface area contributed by atoms with Crippen LogP contribution in [0.1, 0.15) is 40.5 Å². The van der Waals surface area contributed by atoms with Crippen LogP contribution < -0.4 is 0 Å². The number of methoxy groups -OCH3 is 2. The van der Waals surface area contributed by atoms with Gasteiger partial charge in [-0.3, -0.25) is 4.79 Å². The van der Waals surface area contributed by atoms with E-state index in [4.69, 9.17) is 37.9 Å². The molecule has 16 atom stereocenters. The molecule has 5 aliphatic heterocycles. The first-order valence-electron chi connectivity index (χ1n) is 16.3. The smallest absolute Gasteiger partial charge is 0.366 e. The van der Waals surface area contributed by atoms with Crippen molar-refractivity contribution in [2.24, 2.45) is 34.0 Å². The highest BCUT2D eigenvalue weighted by molar-refractivity contribution is 5.88. The molecule has 0 aromatic rings. The number of carbonyl (C=O) groups is 3. The molecule has 0 unspecified atom stereocenters. The minimum atomic E-state index is -2.79. The first kappa shape index (κ1) is 32.6. The average Bonchev–Trinajstić information content (AvgIpc) is 3.44. The van der Waals surface area contributed by atoms with Crippen molar-refractivity contribution in [3.05, 3.63) is 24.0 Å². The summed E-state index contributed by atoms with van der Waals surface area (Å²) in [6, 6.07) is 0. The summed E-state index contributed by atoms with van der Waals surface area (Å²) in [6.45, 7) is 5.79. The minimum Gasteiger partial charge on any atom is -0.469 e. The Labute approximate surface area is 276 Å². The topological polar surface area (TPSA) is 209 Å². The molecule has 0 aromatic heterocycles. The number of aliphatic hydroxyl groups is 4. The third kappa shape index (κ3) is 3.14. The zero-order valence-corrected chi connectivity index (χ0v) is 27.5. The lowest BCUT2D eigenvalue weighted by Gasteiger charge is -2.65. The van der Waals surface area contributed by atoms with Gasteiger partial charge in [0.1, 0.15) is 22.7 Å². The Morgan fingerprint density at radius 3 is 2.40 bits per heavy atom. The molecule has 5 heterocycles. The van der Waals surface area contributed by atoms with Gasteiger partial charge in [-0.15, -0.1) is 0 Å². The summed E-state index contributed by atoms with van der Waals surface area (Å²) >= 11 is 0. The van der Waals surface area contributed by atoms with E-state index in [-0.39, 0.29) is 25.0 Å². The van der Waals surface area contributed by atoms with Crippen LogP contribution in [0.25, 0.3) is 0 Å². The molecule has 15 nitrogen and oxygen atoms in total. The molecule has 8 rings (SSSR count). The molecule has 0 aromatic carbocycles. The molecule has 48 heavy (non-hydrogen) atoms. The summed E-state index contributed by atoms with van der Waals surface area (Å²) in [5.41, 5.74) is -9.28. The fraction of sp³-hybridized carbons (Fsp3) is 0.788. The maximum atomic E-state index is 13.8. The molecule has 0 radical (unpaired) electrons. The summed E-state index contributed by atoms with van der Waals surface area (Å²) in [4.78, 5) is 41.1. The molecule has 2 bridgehead atoms. The zero-order chi connectivity index (χ0) is 34.6. The van der Waals surface area contributed by atoms with Crippen molar-refractivity contribution in [2.45, 2.75) is 99.9 Å². The van der Waals surface area contributed by atoms with Gasteiger partial charge in [0.25, 0.3) is 5.79 Å². The van der Waals surface area contributed by atoms with Crippen LogP contribution in [-0.4, -0.2) is 125 Å². The third-order valence-corrected chi connectivity index (χ3v) is 13.9. The van der Waals surface area contributed by atoms with E-state index in [1.54, 1.807) is 33.8 Å².